The summed E-state index contributed by atoms with van der Waals surface area (Å²) in [7, 11) is 1.59. The van der Waals surface area contributed by atoms with Gasteiger partial charge in [0.25, 0.3) is 0 Å². The highest BCUT2D eigenvalue weighted by atomic mass is 35.5. The molecule has 0 unspecified atom stereocenters. The summed E-state index contributed by atoms with van der Waals surface area (Å²) in [5.41, 5.74) is 0. The predicted octanol–water partition coefficient (Wildman–Crippen LogP) is 1.85. The average Bonchev–Trinajstić information content (AvgIpc) is 2.28. The molecule has 0 aliphatic heterocycles. The second-order valence-electron chi connectivity index (χ2n) is 3.64. The monoisotopic (exact) mass is 259 g/mol. The van der Waals surface area contributed by atoms with Crippen LogP contribution in [-0.4, -0.2) is 35.3 Å². The zero-order chi connectivity index (χ0) is 12.5. The van der Waals surface area contributed by atoms with Crippen molar-refractivity contribution in [1.82, 2.24) is 9.97 Å². The summed E-state index contributed by atoms with van der Waals surface area (Å²) in [5, 5.41) is 12.2. The Labute approximate surface area is 106 Å². The lowest BCUT2D eigenvalue weighted by Gasteiger charge is -2.07. The summed E-state index contributed by atoms with van der Waals surface area (Å²) in [6, 6.07) is 1.69. The number of unbranched alkanes of at least 4 members (excludes halogenated alkanes) is 2. The van der Waals surface area contributed by atoms with Crippen molar-refractivity contribution in [2.45, 2.75) is 25.9 Å². The summed E-state index contributed by atoms with van der Waals surface area (Å²) in [6.07, 6.45) is 2.82. The molecule has 6 heteroatoms. The molecule has 0 saturated carbocycles. The number of anilines is 1. The van der Waals surface area contributed by atoms with Crippen molar-refractivity contribution in [1.29, 1.82) is 0 Å². The van der Waals surface area contributed by atoms with Crippen LogP contribution >= 0.6 is 11.6 Å². The number of nitrogens with one attached hydrogen (secondary N) is 1. The van der Waals surface area contributed by atoms with Crippen LogP contribution in [0.2, 0.25) is 5.15 Å². The van der Waals surface area contributed by atoms with E-state index in [0.29, 0.717) is 23.4 Å². The first-order valence-corrected chi connectivity index (χ1v) is 6.01. The van der Waals surface area contributed by atoms with Gasteiger partial charge in [0.15, 0.2) is 5.82 Å². The molecule has 0 spiro atoms. The summed E-state index contributed by atoms with van der Waals surface area (Å²) in [4.78, 5) is 8.30. The second-order valence-corrected chi connectivity index (χ2v) is 4.02. The first-order valence-electron chi connectivity index (χ1n) is 5.63. The smallest absolute Gasteiger partial charge is 0.158 e. The second kappa shape index (κ2) is 8.22. The maximum Gasteiger partial charge on any atom is 0.158 e. The predicted molar refractivity (Wildman–Crippen MR) is 67.2 cm³/mol. The molecule has 96 valence electrons. The Morgan fingerprint density at radius 1 is 1.35 bits per heavy atom. The van der Waals surface area contributed by atoms with Crippen molar-refractivity contribution >= 4 is 17.4 Å². The fraction of sp³-hybridized carbons (Fsp3) is 0.636. The molecule has 0 fully saturated rings. The van der Waals surface area contributed by atoms with Gasteiger partial charge in [-0.2, -0.15) is 0 Å². The molecule has 2 N–H and O–H groups in total. The fourth-order valence-corrected chi connectivity index (χ4v) is 1.58. The number of aromatic nitrogens is 2. The largest absolute Gasteiger partial charge is 0.396 e. The number of hydrogen-bond donors (Lipinski definition) is 2. The molecule has 1 aromatic heterocycles. The normalized spacial score (nSPS) is 10.5. The van der Waals surface area contributed by atoms with Gasteiger partial charge in [-0.15, -0.1) is 0 Å². The van der Waals surface area contributed by atoms with Crippen molar-refractivity contribution in [3.8, 4) is 0 Å². The zero-order valence-corrected chi connectivity index (χ0v) is 10.7. The number of aliphatic hydroxyl groups excluding tert-OH is 1. The van der Waals surface area contributed by atoms with Gasteiger partial charge in [-0.3, -0.25) is 0 Å². The molecule has 0 radical (unpaired) electrons. The van der Waals surface area contributed by atoms with Gasteiger partial charge >= 0.3 is 0 Å². The minimum absolute atomic E-state index is 0.247. The molecule has 0 amide bonds. The van der Waals surface area contributed by atoms with Gasteiger partial charge in [-0.25, -0.2) is 9.97 Å². The number of ether oxygens (including phenoxy) is 1. The van der Waals surface area contributed by atoms with E-state index in [-0.39, 0.29) is 6.61 Å². The van der Waals surface area contributed by atoms with Gasteiger partial charge in [0.2, 0.25) is 0 Å². The van der Waals surface area contributed by atoms with Crippen LogP contribution < -0.4 is 5.32 Å². The third-order valence-corrected chi connectivity index (χ3v) is 2.35. The number of rotatable bonds is 8. The Bertz CT molecular complexity index is 336. The molecule has 0 bridgehead atoms. The Kier molecular flexibility index (Phi) is 6.84. The molecule has 0 saturated heterocycles. The first kappa shape index (κ1) is 14.2. The molecular formula is C11H18ClN3O2. The summed E-state index contributed by atoms with van der Waals surface area (Å²) >= 11 is 5.87. The quantitative estimate of drug-likeness (QED) is 0.551. The van der Waals surface area contributed by atoms with E-state index in [0.717, 1.165) is 25.8 Å². The summed E-state index contributed by atoms with van der Waals surface area (Å²) < 4.78 is 4.96. The van der Waals surface area contributed by atoms with Gasteiger partial charge in [0.05, 0.1) is 0 Å². The molecule has 5 nitrogen and oxygen atoms in total. The first-order chi connectivity index (χ1) is 8.26. The topological polar surface area (TPSA) is 67.3 Å². The van der Waals surface area contributed by atoms with E-state index in [1.807, 2.05) is 0 Å². The minimum atomic E-state index is 0.247. The van der Waals surface area contributed by atoms with E-state index in [9.17, 15) is 0 Å². The van der Waals surface area contributed by atoms with Crippen LogP contribution in [0.1, 0.15) is 25.1 Å². The summed E-state index contributed by atoms with van der Waals surface area (Å²) in [6.45, 7) is 1.40. The Morgan fingerprint density at radius 2 is 2.18 bits per heavy atom. The molecule has 0 aromatic carbocycles. The summed E-state index contributed by atoms with van der Waals surface area (Å²) in [5.74, 6) is 1.28. The van der Waals surface area contributed by atoms with Gasteiger partial charge in [0.1, 0.15) is 17.6 Å². The minimum Gasteiger partial charge on any atom is -0.396 e. The number of halogens is 1. The molecule has 0 aliphatic carbocycles. The number of hydrogen-bond acceptors (Lipinski definition) is 5. The molecule has 1 rings (SSSR count). The van der Waals surface area contributed by atoms with E-state index in [1.165, 1.54) is 0 Å². The molecule has 1 aromatic rings. The Balaban J connectivity index is 2.41. The van der Waals surface area contributed by atoms with E-state index in [2.05, 4.69) is 15.3 Å². The van der Waals surface area contributed by atoms with E-state index < -0.39 is 0 Å². The highest BCUT2D eigenvalue weighted by Gasteiger charge is 2.02. The zero-order valence-electron chi connectivity index (χ0n) is 9.95. The SMILES string of the molecule is COCc1nc(Cl)cc(NCCCCCO)n1. The van der Waals surface area contributed by atoms with Crippen molar-refractivity contribution < 1.29 is 9.84 Å². The van der Waals surface area contributed by atoms with Crippen LogP contribution in [0.25, 0.3) is 0 Å². The number of methoxy groups -OCH3 is 1. The molecular weight excluding hydrogens is 242 g/mol. The lowest BCUT2D eigenvalue weighted by atomic mass is 10.2. The van der Waals surface area contributed by atoms with Crippen LogP contribution in [0.3, 0.4) is 0 Å². The lowest BCUT2D eigenvalue weighted by Crippen LogP contribution is -2.06. The van der Waals surface area contributed by atoms with Crippen molar-refractivity contribution in [3.63, 3.8) is 0 Å². The van der Waals surface area contributed by atoms with Gasteiger partial charge < -0.3 is 15.2 Å². The average molecular weight is 260 g/mol. The number of aliphatic hydroxyl groups is 1. The van der Waals surface area contributed by atoms with Crippen LogP contribution in [0.4, 0.5) is 5.82 Å². The van der Waals surface area contributed by atoms with Crippen LogP contribution in [0.15, 0.2) is 6.07 Å². The highest BCUT2D eigenvalue weighted by Crippen LogP contribution is 2.12. The Hall–Kier alpha value is -0.910. The van der Waals surface area contributed by atoms with Crippen molar-refractivity contribution in [2.75, 3.05) is 25.6 Å². The van der Waals surface area contributed by atoms with Crippen LogP contribution in [0, 0.1) is 0 Å². The maximum absolute atomic E-state index is 8.64. The van der Waals surface area contributed by atoms with E-state index >= 15 is 0 Å². The molecule has 0 aliphatic rings. The molecule has 0 atom stereocenters. The van der Waals surface area contributed by atoms with E-state index in [4.69, 9.17) is 21.4 Å². The van der Waals surface area contributed by atoms with Crippen molar-refractivity contribution in [3.05, 3.63) is 17.0 Å². The van der Waals surface area contributed by atoms with Crippen LogP contribution in [-0.2, 0) is 11.3 Å². The number of nitrogens with zero attached hydrogens (tertiary/aromatic N) is 2. The third kappa shape index (κ3) is 5.81. The standard InChI is InChI=1S/C11H18ClN3O2/c1-17-8-11-14-9(12)7-10(15-11)13-5-3-2-4-6-16/h7,16H,2-6,8H2,1H3,(H,13,14,15). The maximum atomic E-state index is 8.64. The van der Waals surface area contributed by atoms with E-state index in [1.54, 1.807) is 13.2 Å². The third-order valence-electron chi connectivity index (χ3n) is 2.16. The van der Waals surface area contributed by atoms with Gasteiger partial charge in [-0.05, 0) is 19.3 Å². The van der Waals surface area contributed by atoms with Crippen molar-refractivity contribution in [2.24, 2.45) is 0 Å². The molecule has 17 heavy (non-hydrogen) atoms. The van der Waals surface area contributed by atoms with Crippen LogP contribution in [0.5, 0.6) is 0 Å². The van der Waals surface area contributed by atoms with Gasteiger partial charge in [0, 0.05) is 26.3 Å². The molecule has 1 heterocycles. The lowest BCUT2D eigenvalue weighted by molar-refractivity contribution is 0.178. The van der Waals surface area contributed by atoms with Gasteiger partial charge in [-0.1, -0.05) is 11.6 Å². The fourth-order valence-electron chi connectivity index (χ4n) is 1.38. The highest BCUT2D eigenvalue weighted by molar-refractivity contribution is 6.29. The Morgan fingerprint density at radius 3 is 2.88 bits per heavy atom.